The van der Waals surface area contributed by atoms with E-state index in [9.17, 15) is 0 Å². The molecule has 1 aliphatic heterocycles. The predicted octanol–water partition coefficient (Wildman–Crippen LogP) is 3.60. The van der Waals surface area contributed by atoms with Crippen LogP contribution in [0.15, 0.2) is 0 Å². The minimum Gasteiger partial charge on any atom is -0.363 e. The van der Waals surface area contributed by atoms with E-state index in [2.05, 4.69) is 4.90 Å². The number of likely N-dealkylation sites (tertiary alicyclic amines) is 1. The van der Waals surface area contributed by atoms with Gasteiger partial charge in [0.2, 0.25) is 0 Å². The lowest BCUT2D eigenvalue weighted by Gasteiger charge is -2.45. The van der Waals surface area contributed by atoms with E-state index in [-0.39, 0.29) is 0 Å². The molecule has 0 spiro atoms. The number of halogens is 1. The second kappa shape index (κ2) is 5.49. The first kappa shape index (κ1) is 11.7. The summed E-state index contributed by atoms with van der Waals surface area (Å²) >= 11 is 11.3. The molecule has 0 bridgehead atoms. The van der Waals surface area contributed by atoms with E-state index in [1.54, 1.807) is 0 Å². The van der Waals surface area contributed by atoms with Crippen LogP contribution < -0.4 is 0 Å². The van der Waals surface area contributed by atoms with Gasteiger partial charge >= 0.3 is 0 Å². The normalized spacial score (nSPS) is 31.1. The molecule has 3 heteroatoms. The minimum absolute atomic E-state index is 0.673. The lowest BCUT2D eigenvalue weighted by atomic mass is 9.78. The SMILES string of the molecule is S=C(CCCl)N1CCC[C@H]2CCCC[C@H]21. The zero-order valence-electron chi connectivity index (χ0n) is 9.25. The summed E-state index contributed by atoms with van der Waals surface area (Å²) in [6.07, 6.45) is 9.23. The van der Waals surface area contributed by atoms with E-state index < -0.39 is 0 Å². The van der Waals surface area contributed by atoms with Crippen molar-refractivity contribution in [1.29, 1.82) is 0 Å². The molecule has 0 radical (unpaired) electrons. The number of hydrogen-bond donors (Lipinski definition) is 0. The molecular formula is C12H20ClNS. The molecule has 0 aromatic rings. The van der Waals surface area contributed by atoms with Crippen LogP contribution in [-0.2, 0) is 0 Å². The molecule has 0 aromatic heterocycles. The maximum atomic E-state index is 5.78. The third-order valence-electron chi connectivity index (χ3n) is 3.87. The number of nitrogens with zero attached hydrogens (tertiary/aromatic N) is 1. The summed E-state index contributed by atoms with van der Waals surface area (Å²) < 4.78 is 0. The van der Waals surface area contributed by atoms with Gasteiger partial charge in [0, 0.05) is 24.9 Å². The molecule has 1 saturated carbocycles. The van der Waals surface area contributed by atoms with Crippen molar-refractivity contribution in [2.24, 2.45) is 5.92 Å². The smallest absolute Gasteiger partial charge is 0.0793 e. The van der Waals surface area contributed by atoms with Crippen molar-refractivity contribution in [2.75, 3.05) is 12.4 Å². The first-order valence-corrected chi connectivity index (χ1v) is 7.12. The third-order valence-corrected chi connectivity index (χ3v) is 4.50. The summed E-state index contributed by atoms with van der Waals surface area (Å²) in [5.74, 6) is 1.59. The summed E-state index contributed by atoms with van der Waals surface area (Å²) in [6.45, 7) is 1.18. The Morgan fingerprint density at radius 2 is 1.93 bits per heavy atom. The Morgan fingerprint density at radius 3 is 2.73 bits per heavy atom. The van der Waals surface area contributed by atoms with Gasteiger partial charge in [-0.05, 0) is 31.6 Å². The van der Waals surface area contributed by atoms with Crippen LogP contribution in [0.5, 0.6) is 0 Å². The fourth-order valence-corrected chi connectivity index (χ4v) is 3.78. The Balaban J connectivity index is 2.00. The summed E-state index contributed by atoms with van der Waals surface area (Å²) in [6, 6.07) is 0.753. The highest BCUT2D eigenvalue weighted by atomic mass is 35.5. The second-order valence-corrected chi connectivity index (χ2v) is 5.63. The summed E-state index contributed by atoms with van der Waals surface area (Å²) in [7, 11) is 0. The lowest BCUT2D eigenvalue weighted by molar-refractivity contribution is 0.120. The van der Waals surface area contributed by atoms with Gasteiger partial charge in [-0.2, -0.15) is 0 Å². The molecule has 0 unspecified atom stereocenters. The van der Waals surface area contributed by atoms with Crippen LogP contribution in [0.4, 0.5) is 0 Å². The number of alkyl halides is 1. The molecule has 86 valence electrons. The average Bonchev–Trinajstić information content (AvgIpc) is 2.28. The quantitative estimate of drug-likeness (QED) is 0.540. The number of piperidine rings is 1. The van der Waals surface area contributed by atoms with Crippen LogP contribution in [-0.4, -0.2) is 28.4 Å². The van der Waals surface area contributed by atoms with E-state index in [1.165, 1.54) is 45.1 Å². The van der Waals surface area contributed by atoms with E-state index in [4.69, 9.17) is 23.8 Å². The fourth-order valence-electron chi connectivity index (χ4n) is 3.16. The lowest BCUT2D eigenvalue weighted by Crippen LogP contribution is -2.49. The van der Waals surface area contributed by atoms with Gasteiger partial charge in [0.15, 0.2) is 0 Å². The maximum Gasteiger partial charge on any atom is 0.0793 e. The Kier molecular flexibility index (Phi) is 4.27. The first-order chi connectivity index (χ1) is 7.33. The van der Waals surface area contributed by atoms with Crippen molar-refractivity contribution >= 4 is 28.8 Å². The van der Waals surface area contributed by atoms with Crippen molar-refractivity contribution < 1.29 is 0 Å². The maximum absolute atomic E-state index is 5.78. The molecule has 0 amide bonds. The van der Waals surface area contributed by atoms with E-state index >= 15 is 0 Å². The molecule has 15 heavy (non-hydrogen) atoms. The fraction of sp³-hybridized carbons (Fsp3) is 0.917. The van der Waals surface area contributed by atoms with Crippen LogP contribution in [0.3, 0.4) is 0 Å². The van der Waals surface area contributed by atoms with Gasteiger partial charge < -0.3 is 4.90 Å². The highest BCUT2D eigenvalue weighted by Gasteiger charge is 2.33. The Hall–Kier alpha value is 0.180. The van der Waals surface area contributed by atoms with Crippen molar-refractivity contribution in [3.63, 3.8) is 0 Å². The zero-order valence-corrected chi connectivity index (χ0v) is 10.8. The Morgan fingerprint density at radius 1 is 1.20 bits per heavy atom. The van der Waals surface area contributed by atoms with Gasteiger partial charge in [0.25, 0.3) is 0 Å². The van der Waals surface area contributed by atoms with Crippen molar-refractivity contribution in [3.8, 4) is 0 Å². The molecule has 2 fully saturated rings. The average molecular weight is 246 g/mol. The molecule has 2 aliphatic rings. The summed E-state index contributed by atoms with van der Waals surface area (Å²) in [4.78, 5) is 3.60. The molecule has 2 atom stereocenters. The van der Waals surface area contributed by atoms with E-state index in [0.29, 0.717) is 5.88 Å². The number of hydrogen-bond acceptors (Lipinski definition) is 1. The first-order valence-electron chi connectivity index (χ1n) is 6.18. The van der Waals surface area contributed by atoms with Gasteiger partial charge in [-0.1, -0.05) is 25.1 Å². The van der Waals surface area contributed by atoms with Crippen LogP contribution >= 0.6 is 23.8 Å². The molecular weight excluding hydrogens is 226 g/mol. The van der Waals surface area contributed by atoms with Crippen LogP contribution in [0.25, 0.3) is 0 Å². The van der Waals surface area contributed by atoms with Gasteiger partial charge in [-0.3, -0.25) is 0 Å². The standard InChI is InChI=1S/C12H20ClNS/c13-8-7-12(15)14-9-3-5-10-4-1-2-6-11(10)14/h10-11H,1-9H2/t10-,11-/m1/s1. The van der Waals surface area contributed by atoms with Gasteiger partial charge in [0.1, 0.15) is 0 Å². The van der Waals surface area contributed by atoms with Crippen LogP contribution in [0, 0.1) is 5.92 Å². The van der Waals surface area contributed by atoms with Crippen molar-refractivity contribution in [2.45, 2.75) is 51.0 Å². The van der Waals surface area contributed by atoms with Gasteiger partial charge in [-0.25, -0.2) is 0 Å². The second-order valence-electron chi connectivity index (χ2n) is 4.78. The molecule has 1 saturated heterocycles. The number of fused-ring (bicyclic) bond motifs is 1. The van der Waals surface area contributed by atoms with Crippen LogP contribution in [0.1, 0.15) is 44.9 Å². The number of rotatable bonds is 2. The van der Waals surface area contributed by atoms with Crippen molar-refractivity contribution in [1.82, 2.24) is 4.90 Å². The van der Waals surface area contributed by atoms with E-state index in [1.807, 2.05) is 0 Å². The molecule has 1 heterocycles. The topological polar surface area (TPSA) is 3.24 Å². The molecule has 0 N–H and O–H groups in total. The molecule has 2 rings (SSSR count). The van der Waals surface area contributed by atoms with E-state index in [0.717, 1.165) is 23.4 Å². The van der Waals surface area contributed by atoms with Gasteiger partial charge in [0.05, 0.1) is 4.99 Å². The Bertz CT molecular complexity index is 230. The monoisotopic (exact) mass is 245 g/mol. The number of thiocarbonyl (C=S) groups is 1. The molecule has 1 nitrogen and oxygen atoms in total. The Labute approximate surface area is 103 Å². The van der Waals surface area contributed by atoms with Gasteiger partial charge in [-0.15, -0.1) is 11.6 Å². The third kappa shape index (κ3) is 2.65. The molecule has 1 aliphatic carbocycles. The highest BCUT2D eigenvalue weighted by Crippen LogP contribution is 2.35. The highest BCUT2D eigenvalue weighted by molar-refractivity contribution is 7.80. The largest absolute Gasteiger partial charge is 0.363 e. The summed E-state index contributed by atoms with van der Waals surface area (Å²) in [5.41, 5.74) is 0. The van der Waals surface area contributed by atoms with Crippen molar-refractivity contribution in [3.05, 3.63) is 0 Å². The minimum atomic E-state index is 0.673. The zero-order chi connectivity index (χ0) is 10.7. The summed E-state index contributed by atoms with van der Waals surface area (Å²) in [5, 5.41) is 0. The molecule has 0 aromatic carbocycles. The van der Waals surface area contributed by atoms with Crippen LogP contribution in [0.2, 0.25) is 0 Å². The predicted molar refractivity (Wildman–Crippen MR) is 69.6 cm³/mol.